The minimum atomic E-state index is 1.11. The second-order valence-electron chi connectivity index (χ2n) is 13.8. The highest BCUT2D eigenvalue weighted by Crippen LogP contribution is 2.51. The largest absolute Gasteiger partial charge is 0.310 e. The summed E-state index contributed by atoms with van der Waals surface area (Å²) in [7, 11) is 0. The lowest BCUT2D eigenvalue weighted by molar-refractivity contribution is 1.28. The van der Waals surface area contributed by atoms with Crippen LogP contribution in [0.15, 0.2) is 218 Å². The van der Waals surface area contributed by atoms with Gasteiger partial charge in [0.05, 0.1) is 16.1 Å². The van der Waals surface area contributed by atoms with Gasteiger partial charge in [-0.1, -0.05) is 146 Å². The van der Waals surface area contributed by atoms with Crippen LogP contribution in [0.2, 0.25) is 0 Å². The van der Waals surface area contributed by atoms with Crippen LogP contribution in [-0.4, -0.2) is 0 Å². The van der Waals surface area contributed by atoms with Crippen LogP contribution < -0.4 is 9.80 Å². The normalized spacial score (nSPS) is 11.3. The molecule has 0 N–H and O–H groups in total. The Hall–Kier alpha value is -6.94. The van der Waals surface area contributed by atoms with Crippen molar-refractivity contribution in [2.45, 2.75) is 0 Å². The van der Waals surface area contributed by atoms with E-state index in [1.54, 1.807) is 0 Å². The van der Waals surface area contributed by atoms with E-state index in [0.717, 1.165) is 34.1 Å². The zero-order chi connectivity index (χ0) is 36.6. The van der Waals surface area contributed by atoms with Gasteiger partial charge in [0, 0.05) is 38.2 Å². The van der Waals surface area contributed by atoms with Gasteiger partial charge in [-0.2, -0.15) is 0 Å². The molecule has 260 valence electrons. The number of anilines is 6. The van der Waals surface area contributed by atoms with Gasteiger partial charge in [-0.3, -0.25) is 0 Å². The van der Waals surface area contributed by atoms with E-state index >= 15 is 0 Å². The molecule has 0 aliphatic rings. The number of benzene rings is 9. The highest BCUT2D eigenvalue weighted by atomic mass is 32.1. The number of hydrogen-bond donors (Lipinski definition) is 0. The Morgan fingerprint density at radius 1 is 0.309 bits per heavy atom. The molecule has 0 amide bonds. The minimum absolute atomic E-state index is 1.11. The topological polar surface area (TPSA) is 6.48 Å². The quantitative estimate of drug-likeness (QED) is 0.154. The summed E-state index contributed by atoms with van der Waals surface area (Å²) >= 11 is 1.87. The van der Waals surface area contributed by atoms with Gasteiger partial charge in [-0.25, -0.2) is 0 Å². The van der Waals surface area contributed by atoms with Gasteiger partial charge in [-0.15, -0.1) is 11.3 Å². The average molecular weight is 721 g/mol. The van der Waals surface area contributed by atoms with E-state index in [-0.39, 0.29) is 0 Å². The van der Waals surface area contributed by atoms with Gasteiger partial charge >= 0.3 is 0 Å². The van der Waals surface area contributed by atoms with E-state index in [4.69, 9.17) is 0 Å². The van der Waals surface area contributed by atoms with Crippen LogP contribution >= 0.6 is 11.3 Å². The highest BCUT2D eigenvalue weighted by Gasteiger charge is 2.24. The Labute approximate surface area is 325 Å². The van der Waals surface area contributed by atoms with Crippen LogP contribution in [0, 0.1) is 0 Å². The molecular weight excluding hydrogens is 685 g/mol. The maximum Gasteiger partial charge on any atom is 0.0641 e. The van der Waals surface area contributed by atoms with Gasteiger partial charge in [0.25, 0.3) is 0 Å². The van der Waals surface area contributed by atoms with Gasteiger partial charge in [0.15, 0.2) is 0 Å². The molecule has 0 unspecified atom stereocenters. The van der Waals surface area contributed by atoms with Gasteiger partial charge < -0.3 is 9.80 Å². The summed E-state index contributed by atoms with van der Waals surface area (Å²) < 4.78 is 2.50. The first-order chi connectivity index (χ1) is 27.3. The molecule has 0 spiro atoms. The van der Waals surface area contributed by atoms with E-state index in [0.29, 0.717) is 0 Å². The summed E-state index contributed by atoms with van der Waals surface area (Å²) in [5.41, 5.74) is 11.5. The van der Waals surface area contributed by atoms with E-state index in [9.17, 15) is 0 Å². The molecule has 3 heteroatoms. The number of para-hydroxylation sites is 2. The summed E-state index contributed by atoms with van der Waals surface area (Å²) in [4.78, 5) is 4.83. The zero-order valence-corrected chi connectivity index (χ0v) is 30.9. The Bertz CT molecular complexity index is 2890. The first-order valence-electron chi connectivity index (χ1n) is 18.7. The fourth-order valence-electron chi connectivity index (χ4n) is 7.77. The van der Waals surface area contributed by atoms with Crippen molar-refractivity contribution in [2.24, 2.45) is 0 Å². The molecule has 1 heterocycles. The minimum Gasteiger partial charge on any atom is -0.310 e. The fourth-order valence-corrected chi connectivity index (χ4v) is 9.03. The summed E-state index contributed by atoms with van der Waals surface area (Å²) in [5.74, 6) is 0. The highest BCUT2D eigenvalue weighted by molar-refractivity contribution is 7.26. The molecule has 55 heavy (non-hydrogen) atoms. The predicted molar refractivity (Wildman–Crippen MR) is 237 cm³/mol. The van der Waals surface area contributed by atoms with Crippen molar-refractivity contribution in [3.63, 3.8) is 0 Å². The lowest BCUT2D eigenvalue weighted by Gasteiger charge is -2.30. The van der Waals surface area contributed by atoms with Crippen LogP contribution in [0.3, 0.4) is 0 Å². The van der Waals surface area contributed by atoms with Crippen molar-refractivity contribution >= 4 is 76.4 Å². The lowest BCUT2D eigenvalue weighted by Crippen LogP contribution is -2.12. The molecule has 0 saturated carbocycles. The maximum absolute atomic E-state index is 2.42. The summed E-state index contributed by atoms with van der Waals surface area (Å²) in [6.07, 6.45) is 0. The third-order valence-corrected chi connectivity index (χ3v) is 11.6. The van der Waals surface area contributed by atoms with Crippen LogP contribution in [-0.2, 0) is 0 Å². The van der Waals surface area contributed by atoms with Crippen molar-refractivity contribution in [1.29, 1.82) is 0 Å². The average Bonchev–Trinajstić information content (AvgIpc) is 3.64. The number of hydrogen-bond acceptors (Lipinski definition) is 3. The molecule has 0 atom stereocenters. The maximum atomic E-state index is 2.42. The standard InChI is InChI=1S/C52H36N2S/c1-5-15-37(16-6-1)39-25-29-45(30-26-39)53(43-21-9-3-10-22-43)48-33-34-49(52-51(48)47-35-41-19-13-14-20-42(41)36-50(47)55-52)54(44-23-11-4-12-24-44)46-31-27-40(28-32-46)38-17-7-2-8-18-38/h1-36H. The van der Waals surface area contributed by atoms with Crippen molar-refractivity contribution < 1.29 is 0 Å². The van der Waals surface area contributed by atoms with Crippen molar-refractivity contribution in [2.75, 3.05) is 9.80 Å². The SMILES string of the molecule is c1ccc(-c2ccc(N(c3ccccc3)c3ccc(N(c4ccccc4)c4ccc(-c5ccccc5)cc4)c4c3sc3cc5ccccc5cc34)cc2)cc1. The number of fused-ring (bicyclic) bond motifs is 4. The third-order valence-electron chi connectivity index (χ3n) is 10.4. The van der Waals surface area contributed by atoms with Gasteiger partial charge in [0.2, 0.25) is 0 Å². The molecule has 0 bridgehead atoms. The molecule has 0 aliphatic carbocycles. The summed E-state index contributed by atoms with van der Waals surface area (Å²) in [6.45, 7) is 0. The third kappa shape index (κ3) is 6.11. The van der Waals surface area contributed by atoms with E-state index in [1.165, 1.54) is 53.2 Å². The van der Waals surface area contributed by atoms with Crippen LogP contribution in [0.1, 0.15) is 0 Å². The number of thiophene rings is 1. The molecule has 0 aliphatic heterocycles. The van der Waals surface area contributed by atoms with Gasteiger partial charge in [0.1, 0.15) is 0 Å². The molecule has 0 radical (unpaired) electrons. The van der Waals surface area contributed by atoms with Crippen LogP contribution in [0.4, 0.5) is 34.1 Å². The van der Waals surface area contributed by atoms with Crippen LogP contribution in [0.25, 0.3) is 53.2 Å². The Balaban J connectivity index is 1.22. The predicted octanol–water partition coefficient (Wildman–Crippen LogP) is 15.5. The van der Waals surface area contributed by atoms with E-state index in [1.807, 2.05) is 11.3 Å². The summed E-state index contributed by atoms with van der Waals surface area (Å²) in [5, 5.41) is 4.98. The molecule has 0 fully saturated rings. The second-order valence-corrected chi connectivity index (χ2v) is 14.8. The van der Waals surface area contributed by atoms with Crippen LogP contribution in [0.5, 0.6) is 0 Å². The molecular formula is C52H36N2S. The van der Waals surface area contributed by atoms with Crippen molar-refractivity contribution in [3.8, 4) is 22.3 Å². The Morgan fingerprint density at radius 2 is 0.691 bits per heavy atom. The zero-order valence-electron chi connectivity index (χ0n) is 30.1. The molecule has 2 nitrogen and oxygen atoms in total. The fraction of sp³-hybridized carbons (Fsp3) is 0. The first-order valence-corrected chi connectivity index (χ1v) is 19.5. The second kappa shape index (κ2) is 14.1. The van der Waals surface area contributed by atoms with E-state index < -0.39 is 0 Å². The van der Waals surface area contributed by atoms with Crippen molar-refractivity contribution in [3.05, 3.63) is 218 Å². The van der Waals surface area contributed by atoms with Gasteiger partial charge in [-0.05, 0) is 106 Å². The van der Waals surface area contributed by atoms with Crippen molar-refractivity contribution in [1.82, 2.24) is 0 Å². The lowest BCUT2D eigenvalue weighted by atomic mass is 10.0. The van der Waals surface area contributed by atoms with E-state index in [2.05, 4.69) is 228 Å². The molecule has 10 aromatic rings. The molecule has 0 saturated heterocycles. The molecule has 10 rings (SSSR count). The first kappa shape index (κ1) is 32.7. The molecule has 9 aromatic carbocycles. The Kier molecular flexibility index (Phi) is 8.40. The monoisotopic (exact) mass is 720 g/mol. The smallest absolute Gasteiger partial charge is 0.0641 e. The number of rotatable bonds is 8. The Morgan fingerprint density at radius 3 is 1.20 bits per heavy atom. The summed E-state index contributed by atoms with van der Waals surface area (Å²) in [6, 6.07) is 78.8. The number of nitrogens with zero attached hydrogens (tertiary/aromatic N) is 2. The molecule has 1 aromatic heterocycles.